The van der Waals surface area contributed by atoms with Crippen LogP contribution in [-0.2, 0) is 14.6 Å². The van der Waals surface area contributed by atoms with Gasteiger partial charge in [0.25, 0.3) is 5.91 Å². The zero-order valence-electron chi connectivity index (χ0n) is 18.8. The van der Waals surface area contributed by atoms with Gasteiger partial charge in [-0.1, -0.05) is 35.4 Å². The maximum absolute atomic E-state index is 12.5. The molecule has 0 aliphatic carbocycles. The quantitative estimate of drug-likeness (QED) is 0.420. The second-order valence-electron chi connectivity index (χ2n) is 7.71. The lowest BCUT2D eigenvalue weighted by Gasteiger charge is -2.20. The third kappa shape index (κ3) is 5.92. The van der Waals surface area contributed by atoms with Gasteiger partial charge in [0.2, 0.25) is 19.4 Å². The molecular formula is C23H21ClN4O5S2. The van der Waals surface area contributed by atoms with Gasteiger partial charge in [-0.05, 0) is 54.6 Å². The smallest absolute Gasteiger partial charge is 0.283 e. The van der Waals surface area contributed by atoms with Gasteiger partial charge < -0.3 is 9.47 Å². The first-order chi connectivity index (χ1) is 16.6. The molecule has 0 atom stereocenters. The van der Waals surface area contributed by atoms with Crippen molar-refractivity contribution in [2.45, 2.75) is 13.3 Å². The summed E-state index contributed by atoms with van der Waals surface area (Å²) in [5.41, 5.74) is 1.68. The number of nitrogens with one attached hydrogen (secondary N) is 1. The minimum absolute atomic E-state index is 0.0331. The average molecular weight is 533 g/mol. The standard InChI is InChI=1S/C23H21ClN4O5S2/c1-14-4-7-16(8-5-14)32-10-3-11-33-19-9-6-15(13-18(19)24)12-17-20(25)28-22(26-21(17)29)34-23(27-28)35(2,30)31/h4-9,12-13,25H,3,10-11H2,1-2H3/b17-12+,25-20?. The Hall–Kier alpha value is -3.15. The summed E-state index contributed by atoms with van der Waals surface area (Å²) in [5.74, 6) is 0.351. The molecule has 0 saturated carbocycles. The number of amides is 1. The third-order valence-electron chi connectivity index (χ3n) is 4.86. The minimum Gasteiger partial charge on any atom is -0.493 e. The van der Waals surface area contributed by atoms with Gasteiger partial charge in [0.15, 0.2) is 5.84 Å². The molecule has 35 heavy (non-hydrogen) atoms. The van der Waals surface area contributed by atoms with E-state index in [1.165, 1.54) is 11.6 Å². The second-order valence-corrected chi connectivity index (χ2v) is 11.3. The zero-order chi connectivity index (χ0) is 25.2. The first kappa shape index (κ1) is 25.0. The van der Waals surface area contributed by atoms with Crippen LogP contribution < -0.4 is 9.47 Å². The van der Waals surface area contributed by atoms with E-state index in [0.717, 1.165) is 28.8 Å². The summed E-state index contributed by atoms with van der Waals surface area (Å²) in [7, 11) is -3.59. The number of carbonyl (C=O) groups is 1. The average Bonchev–Trinajstić information content (AvgIpc) is 3.24. The Morgan fingerprint density at radius 2 is 1.86 bits per heavy atom. The van der Waals surface area contributed by atoms with Crippen molar-refractivity contribution in [1.82, 2.24) is 5.01 Å². The van der Waals surface area contributed by atoms with Gasteiger partial charge in [0.1, 0.15) is 11.5 Å². The van der Waals surface area contributed by atoms with Crippen LogP contribution in [0.1, 0.15) is 17.5 Å². The number of ether oxygens (including phenoxy) is 2. The first-order valence-corrected chi connectivity index (χ1v) is 13.5. The fraction of sp³-hybridized carbons (Fsp3) is 0.217. The fourth-order valence-electron chi connectivity index (χ4n) is 3.08. The summed E-state index contributed by atoms with van der Waals surface area (Å²) >= 11 is 7.08. The number of thioether (sulfide) groups is 1. The number of nitrogens with zero attached hydrogens (tertiary/aromatic N) is 3. The van der Waals surface area contributed by atoms with E-state index in [4.69, 9.17) is 26.5 Å². The van der Waals surface area contributed by atoms with Gasteiger partial charge in [-0.3, -0.25) is 10.2 Å². The Balaban J connectivity index is 1.38. The van der Waals surface area contributed by atoms with Crippen LogP contribution in [0.2, 0.25) is 5.02 Å². The molecular weight excluding hydrogens is 512 g/mol. The largest absolute Gasteiger partial charge is 0.493 e. The first-order valence-electron chi connectivity index (χ1n) is 10.4. The SMILES string of the molecule is Cc1ccc(OCCCOc2ccc(/C=C3\C(=N)N4N=C(S(C)(=O)=O)SC4=NC3=O)cc2Cl)cc1. The lowest BCUT2D eigenvalue weighted by atomic mass is 10.1. The highest BCUT2D eigenvalue weighted by Gasteiger charge is 2.38. The van der Waals surface area contributed by atoms with Gasteiger partial charge in [0, 0.05) is 12.7 Å². The molecule has 0 aromatic heterocycles. The number of rotatable bonds is 7. The number of carbonyl (C=O) groups excluding carboxylic acids is 1. The number of hydrogen-bond acceptors (Lipinski definition) is 8. The van der Waals surface area contributed by atoms with Crippen LogP contribution in [0.4, 0.5) is 0 Å². The molecule has 12 heteroatoms. The molecule has 1 amide bonds. The molecule has 0 spiro atoms. The number of hydrazone groups is 1. The molecule has 1 N–H and O–H groups in total. The van der Waals surface area contributed by atoms with Crippen molar-refractivity contribution >= 4 is 60.6 Å². The topological polar surface area (TPSA) is 121 Å². The summed E-state index contributed by atoms with van der Waals surface area (Å²) in [6.07, 6.45) is 3.11. The summed E-state index contributed by atoms with van der Waals surface area (Å²) in [5, 5.41) is 13.6. The Kier molecular flexibility index (Phi) is 7.29. The van der Waals surface area contributed by atoms with Crippen molar-refractivity contribution in [3.8, 4) is 11.5 Å². The third-order valence-corrected chi connectivity index (χ3v) is 7.73. The normalized spacial score (nSPS) is 16.8. The Labute approximate surface area is 211 Å². The highest BCUT2D eigenvalue weighted by Crippen LogP contribution is 2.31. The van der Waals surface area contributed by atoms with Gasteiger partial charge in [-0.25, -0.2) is 8.42 Å². The van der Waals surface area contributed by atoms with E-state index in [0.29, 0.717) is 36.0 Å². The Morgan fingerprint density at radius 1 is 1.14 bits per heavy atom. The van der Waals surface area contributed by atoms with Crippen LogP contribution in [0.15, 0.2) is 58.1 Å². The van der Waals surface area contributed by atoms with E-state index in [2.05, 4.69) is 10.1 Å². The number of benzene rings is 2. The number of hydrogen-bond donors (Lipinski definition) is 1. The maximum atomic E-state index is 12.5. The summed E-state index contributed by atoms with van der Waals surface area (Å²) in [6, 6.07) is 12.8. The van der Waals surface area contributed by atoms with Crippen molar-refractivity contribution < 1.29 is 22.7 Å². The number of fused-ring (bicyclic) bond motifs is 1. The monoisotopic (exact) mass is 532 g/mol. The summed E-state index contributed by atoms with van der Waals surface area (Å²) in [6.45, 7) is 2.91. The Morgan fingerprint density at radius 3 is 2.54 bits per heavy atom. The van der Waals surface area contributed by atoms with Crippen molar-refractivity contribution in [1.29, 1.82) is 5.41 Å². The van der Waals surface area contributed by atoms with Gasteiger partial charge in [0.05, 0.1) is 23.8 Å². The molecule has 0 fully saturated rings. The lowest BCUT2D eigenvalue weighted by molar-refractivity contribution is -0.114. The summed E-state index contributed by atoms with van der Waals surface area (Å²) in [4.78, 5) is 16.3. The second kappa shape index (κ2) is 10.2. The van der Waals surface area contributed by atoms with E-state index in [1.54, 1.807) is 18.2 Å². The predicted octanol–water partition coefficient (Wildman–Crippen LogP) is 4.12. The number of aliphatic imine (C=N–C) groups is 1. The molecule has 9 nitrogen and oxygen atoms in total. The molecule has 2 aromatic carbocycles. The van der Waals surface area contributed by atoms with E-state index < -0.39 is 15.7 Å². The van der Waals surface area contributed by atoms with E-state index in [-0.39, 0.29) is 21.0 Å². The highest BCUT2D eigenvalue weighted by molar-refractivity contribution is 8.42. The van der Waals surface area contributed by atoms with Crippen molar-refractivity contribution in [3.63, 3.8) is 0 Å². The molecule has 0 bridgehead atoms. The molecule has 2 aromatic rings. The molecule has 2 heterocycles. The van der Waals surface area contributed by atoms with Crippen LogP contribution in [0.25, 0.3) is 6.08 Å². The molecule has 4 rings (SSSR count). The number of aryl methyl sites for hydroxylation is 1. The van der Waals surface area contributed by atoms with Gasteiger partial charge in [-0.15, -0.1) is 5.10 Å². The van der Waals surface area contributed by atoms with E-state index in [1.807, 2.05) is 31.2 Å². The minimum atomic E-state index is -3.59. The summed E-state index contributed by atoms with van der Waals surface area (Å²) < 4.78 is 34.7. The van der Waals surface area contributed by atoms with Crippen LogP contribution in [-0.4, -0.2) is 54.2 Å². The van der Waals surface area contributed by atoms with E-state index in [9.17, 15) is 13.2 Å². The Bertz CT molecular complexity index is 1390. The van der Waals surface area contributed by atoms with Crippen LogP contribution in [0, 0.1) is 12.3 Å². The molecule has 2 aliphatic rings. The van der Waals surface area contributed by atoms with Crippen molar-refractivity contribution in [2.24, 2.45) is 10.1 Å². The number of amidine groups is 2. The maximum Gasteiger partial charge on any atom is 0.283 e. The van der Waals surface area contributed by atoms with Crippen molar-refractivity contribution in [2.75, 3.05) is 19.5 Å². The number of sulfone groups is 1. The van der Waals surface area contributed by atoms with Crippen LogP contribution in [0.5, 0.6) is 11.5 Å². The van der Waals surface area contributed by atoms with Crippen molar-refractivity contribution in [3.05, 3.63) is 64.2 Å². The molecule has 182 valence electrons. The number of halogens is 1. The fourth-order valence-corrected chi connectivity index (χ4v) is 5.01. The van der Waals surface area contributed by atoms with E-state index >= 15 is 0 Å². The molecule has 0 saturated heterocycles. The van der Waals surface area contributed by atoms with Gasteiger partial charge >= 0.3 is 0 Å². The molecule has 0 radical (unpaired) electrons. The highest BCUT2D eigenvalue weighted by atomic mass is 35.5. The van der Waals surface area contributed by atoms with Crippen LogP contribution in [0.3, 0.4) is 0 Å². The molecule has 2 aliphatic heterocycles. The molecule has 0 unspecified atom stereocenters. The predicted molar refractivity (Wildman–Crippen MR) is 138 cm³/mol. The van der Waals surface area contributed by atoms with Gasteiger partial charge in [-0.2, -0.15) is 10.0 Å². The zero-order valence-corrected chi connectivity index (χ0v) is 21.2. The van der Waals surface area contributed by atoms with Crippen LogP contribution >= 0.6 is 23.4 Å². The lowest BCUT2D eigenvalue weighted by Crippen LogP contribution is -2.35.